The number of aryl methyl sites for hydroxylation is 2. The summed E-state index contributed by atoms with van der Waals surface area (Å²) < 4.78 is 16.9. The Kier molecular flexibility index (Phi) is 16.9. The molecule has 0 aliphatic rings. The monoisotopic (exact) mass is 906 g/mol. The lowest BCUT2D eigenvalue weighted by Gasteiger charge is -2.19. The third-order valence-corrected chi connectivity index (χ3v) is 10.3. The maximum absolute atomic E-state index is 13.7. The van der Waals surface area contributed by atoms with Gasteiger partial charge in [-0.25, -0.2) is 9.97 Å². The molecule has 21 nitrogen and oxygen atoms in total. The second-order valence-electron chi connectivity index (χ2n) is 15.1. The first kappa shape index (κ1) is 49.2. The molecule has 5 aromatic rings. The van der Waals surface area contributed by atoms with E-state index in [2.05, 4.69) is 30.6 Å². The average Bonchev–Trinajstić information content (AvgIpc) is 3.96. The number of amides is 5. The van der Waals surface area contributed by atoms with Crippen LogP contribution in [0.4, 0.5) is 11.9 Å². The summed E-state index contributed by atoms with van der Waals surface area (Å²) in [5, 5.41) is 10.1. The molecule has 0 aliphatic heterocycles. The number of allylic oxidation sites excluding steroid dienone is 3. The molecule has 3 heterocycles. The largest absolute Gasteiger partial charge is 0.494 e. The summed E-state index contributed by atoms with van der Waals surface area (Å²) in [5.74, 6) is -1.67. The molecule has 0 fully saturated rings. The molecule has 2 aromatic carbocycles. The number of carbonyl (C=O) groups is 5. The number of primary amides is 2. The van der Waals surface area contributed by atoms with Gasteiger partial charge in [-0.2, -0.15) is 5.10 Å². The predicted octanol–water partition coefficient (Wildman–Crippen LogP) is 3.23. The number of methoxy groups -OCH3 is 1. The van der Waals surface area contributed by atoms with Crippen molar-refractivity contribution in [2.75, 3.05) is 64.1 Å². The number of aliphatic imine (C=N–C) groups is 1. The van der Waals surface area contributed by atoms with Crippen LogP contribution in [0.25, 0.3) is 22.1 Å². The minimum Gasteiger partial charge on any atom is -0.494 e. The van der Waals surface area contributed by atoms with Crippen molar-refractivity contribution in [3.05, 3.63) is 88.9 Å². The minimum absolute atomic E-state index is 0.0512. The minimum atomic E-state index is -0.722. The summed E-state index contributed by atoms with van der Waals surface area (Å²) >= 11 is 0. The third kappa shape index (κ3) is 12.0. The summed E-state index contributed by atoms with van der Waals surface area (Å²) in [7, 11) is 3.43. The zero-order chi connectivity index (χ0) is 48.1. The molecule has 0 bridgehead atoms. The quantitative estimate of drug-likeness (QED) is 0.0339. The van der Waals surface area contributed by atoms with Gasteiger partial charge in [0.15, 0.2) is 0 Å². The Labute approximate surface area is 382 Å². The van der Waals surface area contributed by atoms with Crippen molar-refractivity contribution in [2.24, 2.45) is 22.2 Å². The van der Waals surface area contributed by atoms with Gasteiger partial charge < -0.3 is 45.6 Å². The van der Waals surface area contributed by atoms with Gasteiger partial charge in [0.2, 0.25) is 30.1 Å². The number of benzene rings is 2. The fourth-order valence-corrected chi connectivity index (χ4v) is 6.85. The first-order valence-electron chi connectivity index (χ1n) is 21.3. The number of hydrogen-bond acceptors (Lipinski definition) is 13. The van der Waals surface area contributed by atoms with Crippen molar-refractivity contribution in [1.29, 1.82) is 0 Å². The van der Waals surface area contributed by atoms with Crippen molar-refractivity contribution in [1.82, 2.24) is 38.7 Å². The molecule has 8 N–H and O–H groups in total. The van der Waals surface area contributed by atoms with E-state index >= 15 is 0 Å². The molecule has 350 valence electrons. The summed E-state index contributed by atoms with van der Waals surface area (Å²) in [6.07, 6.45) is 9.42. The number of likely N-dealkylation sites (N-methyl/N-ethyl adjacent to an activating group) is 1. The first-order valence-corrected chi connectivity index (χ1v) is 21.3. The molecule has 0 unspecified atom stereocenters. The van der Waals surface area contributed by atoms with Gasteiger partial charge in [0, 0.05) is 62.6 Å². The second kappa shape index (κ2) is 22.7. The summed E-state index contributed by atoms with van der Waals surface area (Å²) in [5.41, 5.74) is 20.6. The van der Waals surface area contributed by atoms with Crippen LogP contribution in [0.3, 0.4) is 0 Å². The molecule has 3 aromatic heterocycles. The molecule has 0 radical (unpaired) electrons. The van der Waals surface area contributed by atoms with E-state index in [4.69, 9.17) is 31.7 Å². The molecule has 0 saturated carbocycles. The Morgan fingerprint density at radius 3 is 1.98 bits per heavy atom. The number of anilines is 2. The fraction of sp³-hybridized carbons (Fsp3) is 0.356. The fourth-order valence-electron chi connectivity index (χ4n) is 6.85. The van der Waals surface area contributed by atoms with Crippen molar-refractivity contribution in [3.8, 4) is 11.5 Å². The number of ether oxygens (including phenoxy) is 2. The van der Waals surface area contributed by atoms with Gasteiger partial charge in [-0.3, -0.25) is 44.3 Å². The Balaban J connectivity index is 1.55. The van der Waals surface area contributed by atoms with E-state index in [1.165, 1.54) is 37.5 Å². The second-order valence-corrected chi connectivity index (χ2v) is 15.1. The van der Waals surface area contributed by atoms with E-state index < -0.39 is 23.6 Å². The Bertz CT molecular complexity index is 2720. The number of fused-ring (bicyclic) bond motifs is 2. The number of hydrogen-bond donors (Lipinski definition) is 5. The Morgan fingerprint density at radius 1 is 0.833 bits per heavy atom. The normalized spacial score (nSPS) is 12.2. The SMILES string of the molecule is CCN=C(/C=C(/C)N)C(=O)Nc1nc2cc(C(N)=O)cc(OC/C=C/CN(C=O)CCN(C)CC)c2n1C/C=C/Cn1c(NC(=O)c2cc(C)nn2CC)nc2cc(C(N)=O)cc(OC)c21. The van der Waals surface area contributed by atoms with Crippen LogP contribution in [0.2, 0.25) is 0 Å². The zero-order valence-electron chi connectivity index (χ0n) is 38.3. The lowest BCUT2D eigenvalue weighted by atomic mass is 10.1. The molecule has 5 amide bonds. The number of carbonyl (C=O) groups excluding carboxylic acids is 5. The van der Waals surface area contributed by atoms with E-state index in [-0.39, 0.29) is 59.9 Å². The number of nitrogens with zero attached hydrogens (tertiary/aromatic N) is 9. The average molecular weight is 907 g/mol. The number of rotatable bonds is 24. The maximum Gasteiger partial charge on any atom is 0.276 e. The molecule has 66 heavy (non-hydrogen) atoms. The van der Waals surface area contributed by atoms with E-state index in [1.54, 1.807) is 63.8 Å². The van der Waals surface area contributed by atoms with Crippen LogP contribution in [0.1, 0.15) is 64.6 Å². The lowest BCUT2D eigenvalue weighted by molar-refractivity contribution is -0.117. The summed E-state index contributed by atoms with van der Waals surface area (Å²) in [6.45, 7) is 12.6. The Hall–Kier alpha value is -7.81. The van der Waals surface area contributed by atoms with Crippen LogP contribution in [0.15, 0.2) is 71.4 Å². The van der Waals surface area contributed by atoms with Gasteiger partial charge in [-0.15, -0.1) is 0 Å². The van der Waals surface area contributed by atoms with E-state index in [0.29, 0.717) is 65.3 Å². The topological polar surface area (TPSA) is 278 Å². The van der Waals surface area contributed by atoms with Gasteiger partial charge in [-0.05, 0) is 83.8 Å². The van der Waals surface area contributed by atoms with Crippen molar-refractivity contribution >= 4 is 69.7 Å². The van der Waals surface area contributed by atoms with Crippen LogP contribution in [-0.2, 0) is 29.2 Å². The van der Waals surface area contributed by atoms with Gasteiger partial charge in [0.1, 0.15) is 40.5 Å². The predicted molar refractivity (Wildman–Crippen MR) is 253 cm³/mol. The van der Waals surface area contributed by atoms with Crippen LogP contribution in [0, 0.1) is 6.92 Å². The van der Waals surface area contributed by atoms with Crippen molar-refractivity contribution in [3.63, 3.8) is 0 Å². The Morgan fingerprint density at radius 2 is 1.44 bits per heavy atom. The highest BCUT2D eigenvalue weighted by molar-refractivity contribution is 6.47. The van der Waals surface area contributed by atoms with Crippen LogP contribution in [0.5, 0.6) is 11.5 Å². The van der Waals surface area contributed by atoms with Gasteiger partial charge >= 0.3 is 0 Å². The van der Waals surface area contributed by atoms with E-state index in [9.17, 15) is 24.0 Å². The van der Waals surface area contributed by atoms with Crippen molar-refractivity contribution in [2.45, 2.75) is 54.3 Å². The molecule has 5 rings (SSSR count). The molecular weight excluding hydrogens is 849 g/mol. The first-order chi connectivity index (χ1) is 31.6. The van der Waals surface area contributed by atoms with Crippen LogP contribution >= 0.6 is 0 Å². The highest BCUT2D eigenvalue weighted by atomic mass is 16.5. The molecule has 21 heteroatoms. The number of aromatic nitrogens is 6. The number of nitrogens with two attached hydrogens (primary N) is 3. The maximum atomic E-state index is 13.7. The van der Waals surface area contributed by atoms with Gasteiger partial charge in [-0.1, -0.05) is 25.2 Å². The lowest BCUT2D eigenvalue weighted by Crippen LogP contribution is -2.32. The summed E-state index contributed by atoms with van der Waals surface area (Å²) in [6, 6.07) is 7.69. The van der Waals surface area contributed by atoms with E-state index in [1.807, 2.05) is 27.0 Å². The number of nitrogens with one attached hydrogen (secondary N) is 2. The van der Waals surface area contributed by atoms with Crippen LogP contribution in [-0.4, -0.2) is 128 Å². The highest BCUT2D eigenvalue weighted by Crippen LogP contribution is 2.33. The smallest absolute Gasteiger partial charge is 0.276 e. The molecule has 0 aliphatic carbocycles. The highest BCUT2D eigenvalue weighted by Gasteiger charge is 2.23. The molecule has 0 atom stereocenters. The molecule has 0 saturated heterocycles. The van der Waals surface area contributed by atoms with E-state index in [0.717, 1.165) is 19.5 Å². The van der Waals surface area contributed by atoms with Crippen molar-refractivity contribution < 1.29 is 33.4 Å². The van der Waals surface area contributed by atoms with Crippen LogP contribution < -0.4 is 37.3 Å². The van der Waals surface area contributed by atoms with Gasteiger partial charge in [0.05, 0.1) is 23.8 Å². The standard InChI is InChI=1S/C45H58N14O7/c1-8-49-34(21-28(4)46)42(63)52-44-51-33-24-31(41(48)62)26-37(66-20-14-13-15-56(27-60)19-18-55(6)9-2)39(33)58(44)17-12-11-16-57-38-32(23-30(40(47)61)25-36(38)65-7)50-45(57)53-43(64)35-22-29(5)54-59(35)10-3/h11-14,21-27H,8-10,15-20,46H2,1-7H3,(H2,47,61)(H2,48,62)(H,50,53,64)(H,51,52,63)/b12-11+,14-13+,28-21-,49-34?. The molecule has 0 spiro atoms. The summed E-state index contributed by atoms with van der Waals surface area (Å²) in [4.78, 5) is 81.4. The van der Waals surface area contributed by atoms with Gasteiger partial charge in [0.25, 0.3) is 11.8 Å². The third-order valence-electron chi connectivity index (χ3n) is 10.3. The zero-order valence-corrected chi connectivity index (χ0v) is 38.3. The number of imidazole rings is 2. The molecular formula is C45H58N14O7.